The van der Waals surface area contributed by atoms with Crippen LogP contribution in [-0.4, -0.2) is 41.1 Å². The molecule has 2 rings (SSSR count). The van der Waals surface area contributed by atoms with E-state index < -0.39 is 5.54 Å². The van der Waals surface area contributed by atoms with Gasteiger partial charge in [0.2, 0.25) is 0 Å². The summed E-state index contributed by atoms with van der Waals surface area (Å²) in [6.45, 7) is 5.18. The Bertz CT molecular complexity index is 477. The zero-order valence-electron chi connectivity index (χ0n) is 13.3. The van der Waals surface area contributed by atoms with Gasteiger partial charge in [-0.05, 0) is 52.3 Å². The van der Waals surface area contributed by atoms with E-state index in [2.05, 4.69) is 41.3 Å². The first kappa shape index (κ1) is 15.9. The van der Waals surface area contributed by atoms with Gasteiger partial charge in [-0.1, -0.05) is 6.07 Å². The number of nitriles is 1. The van der Waals surface area contributed by atoms with E-state index in [0.29, 0.717) is 12.1 Å². The summed E-state index contributed by atoms with van der Waals surface area (Å²) in [7, 11) is 2.13. The van der Waals surface area contributed by atoms with Crippen molar-refractivity contribution in [1.82, 2.24) is 15.2 Å². The number of likely N-dealkylation sites (N-methyl/N-ethyl adjacent to an activating group) is 1. The van der Waals surface area contributed by atoms with Crippen LogP contribution in [0.15, 0.2) is 24.4 Å². The van der Waals surface area contributed by atoms with Gasteiger partial charge < -0.3 is 4.90 Å². The summed E-state index contributed by atoms with van der Waals surface area (Å²) in [6.07, 6.45) is 6.05. The lowest BCUT2D eigenvalue weighted by molar-refractivity contribution is 0.214. The molecular weight excluding hydrogens is 260 g/mol. The molecule has 1 saturated carbocycles. The summed E-state index contributed by atoms with van der Waals surface area (Å²) in [5.41, 5.74) is 0.704. The topological polar surface area (TPSA) is 52.0 Å². The molecule has 114 valence electrons. The number of aromatic nitrogens is 1. The quantitative estimate of drug-likeness (QED) is 0.797. The second-order valence-electron chi connectivity index (χ2n) is 6.47. The van der Waals surface area contributed by atoms with Crippen molar-refractivity contribution in [3.8, 4) is 6.07 Å². The Hall–Kier alpha value is -1.44. The predicted octanol–water partition coefficient (Wildman–Crippen LogP) is 2.37. The number of hydrogen-bond donors (Lipinski definition) is 1. The Morgan fingerprint density at radius 2 is 2.29 bits per heavy atom. The zero-order chi connectivity index (χ0) is 15.3. The number of nitrogens with zero attached hydrogens (tertiary/aromatic N) is 3. The SMILES string of the molecule is CC(CC(C)(C#N)NC1CC1)N(C)CCc1ccccn1. The highest BCUT2D eigenvalue weighted by Crippen LogP contribution is 2.25. The molecule has 1 aromatic rings. The summed E-state index contributed by atoms with van der Waals surface area (Å²) in [5.74, 6) is 0. The van der Waals surface area contributed by atoms with Gasteiger partial charge in [0, 0.05) is 36.9 Å². The zero-order valence-corrected chi connectivity index (χ0v) is 13.3. The van der Waals surface area contributed by atoms with Gasteiger partial charge in [0.05, 0.1) is 6.07 Å². The molecule has 21 heavy (non-hydrogen) atoms. The molecule has 4 nitrogen and oxygen atoms in total. The highest BCUT2D eigenvalue weighted by Gasteiger charge is 2.34. The van der Waals surface area contributed by atoms with Crippen molar-refractivity contribution in [2.24, 2.45) is 0 Å². The molecule has 0 bridgehead atoms. The lowest BCUT2D eigenvalue weighted by atomic mass is 9.94. The molecule has 0 saturated heterocycles. The van der Waals surface area contributed by atoms with Gasteiger partial charge in [-0.3, -0.25) is 10.3 Å². The molecule has 1 fully saturated rings. The van der Waals surface area contributed by atoms with Gasteiger partial charge >= 0.3 is 0 Å². The van der Waals surface area contributed by atoms with E-state index in [9.17, 15) is 5.26 Å². The number of nitrogens with one attached hydrogen (secondary N) is 1. The van der Waals surface area contributed by atoms with Crippen molar-refractivity contribution in [2.45, 2.75) is 57.2 Å². The van der Waals surface area contributed by atoms with E-state index in [1.54, 1.807) is 0 Å². The normalized spacial score (nSPS) is 19.0. The molecule has 0 radical (unpaired) electrons. The first-order chi connectivity index (χ1) is 10.0. The second kappa shape index (κ2) is 7.02. The van der Waals surface area contributed by atoms with Gasteiger partial charge in [0.15, 0.2) is 0 Å². The van der Waals surface area contributed by atoms with Gasteiger partial charge in [-0.25, -0.2) is 0 Å². The standard InChI is InChI=1S/C17H26N4/c1-14(12-17(2,13-18)20-16-7-8-16)21(3)11-9-15-6-4-5-10-19-15/h4-6,10,14,16,20H,7-9,11-12H2,1-3H3. The van der Waals surface area contributed by atoms with Crippen molar-refractivity contribution in [1.29, 1.82) is 5.26 Å². The Kier molecular flexibility index (Phi) is 5.33. The average Bonchev–Trinajstić information content (AvgIpc) is 3.29. The van der Waals surface area contributed by atoms with Crippen molar-refractivity contribution in [3.05, 3.63) is 30.1 Å². The number of hydrogen-bond acceptors (Lipinski definition) is 4. The Morgan fingerprint density at radius 1 is 1.52 bits per heavy atom. The number of pyridine rings is 1. The third-order valence-corrected chi connectivity index (χ3v) is 4.25. The Labute approximate surface area is 128 Å². The molecule has 1 N–H and O–H groups in total. The van der Waals surface area contributed by atoms with E-state index in [1.807, 2.05) is 25.3 Å². The summed E-state index contributed by atoms with van der Waals surface area (Å²) >= 11 is 0. The molecule has 4 heteroatoms. The van der Waals surface area contributed by atoms with Gasteiger partial charge in [0.25, 0.3) is 0 Å². The molecule has 2 atom stereocenters. The highest BCUT2D eigenvalue weighted by atomic mass is 15.1. The van der Waals surface area contributed by atoms with E-state index >= 15 is 0 Å². The predicted molar refractivity (Wildman–Crippen MR) is 84.8 cm³/mol. The summed E-state index contributed by atoms with van der Waals surface area (Å²) in [4.78, 5) is 6.68. The summed E-state index contributed by atoms with van der Waals surface area (Å²) < 4.78 is 0. The van der Waals surface area contributed by atoms with Crippen LogP contribution in [0.4, 0.5) is 0 Å². The van der Waals surface area contributed by atoms with Crippen LogP contribution < -0.4 is 5.32 Å². The van der Waals surface area contributed by atoms with Crippen molar-refractivity contribution in [2.75, 3.05) is 13.6 Å². The molecule has 0 amide bonds. The van der Waals surface area contributed by atoms with E-state index in [-0.39, 0.29) is 0 Å². The van der Waals surface area contributed by atoms with Crippen LogP contribution >= 0.6 is 0 Å². The van der Waals surface area contributed by atoms with E-state index in [1.165, 1.54) is 12.8 Å². The minimum atomic E-state index is -0.417. The molecule has 0 aliphatic heterocycles. The van der Waals surface area contributed by atoms with Crippen LogP contribution in [0.3, 0.4) is 0 Å². The summed E-state index contributed by atoms with van der Waals surface area (Å²) in [5, 5.41) is 12.9. The fraction of sp³-hybridized carbons (Fsp3) is 0.647. The first-order valence-corrected chi connectivity index (χ1v) is 7.81. The summed E-state index contributed by atoms with van der Waals surface area (Å²) in [6, 6.07) is 9.41. The minimum absolute atomic E-state index is 0.365. The molecule has 1 heterocycles. The van der Waals surface area contributed by atoms with Gasteiger partial charge in [-0.15, -0.1) is 0 Å². The Morgan fingerprint density at radius 3 is 2.86 bits per heavy atom. The fourth-order valence-corrected chi connectivity index (χ4v) is 2.62. The molecule has 1 aliphatic rings. The van der Waals surface area contributed by atoms with Crippen LogP contribution in [-0.2, 0) is 6.42 Å². The monoisotopic (exact) mass is 286 g/mol. The maximum atomic E-state index is 9.46. The second-order valence-corrected chi connectivity index (χ2v) is 6.47. The molecule has 0 spiro atoms. The third-order valence-electron chi connectivity index (χ3n) is 4.25. The largest absolute Gasteiger partial charge is 0.303 e. The first-order valence-electron chi connectivity index (χ1n) is 7.81. The highest BCUT2D eigenvalue weighted by molar-refractivity contribution is 5.09. The van der Waals surface area contributed by atoms with Crippen LogP contribution in [0.25, 0.3) is 0 Å². The number of rotatable bonds is 8. The lowest BCUT2D eigenvalue weighted by Gasteiger charge is -2.32. The molecule has 2 unspecified atom stereocenters. The fourth-order valence-electron chi connectivity index (χ4n) is 2.62. The smallest absolute Gasteiger partial charge is 0.105 e. The molecular formula is C17H26N4. The van der Waals surface area contributed by atoms with Crippen LogP contribution in [0.1, 0.15) is 38.8 Å². The van der Waals surface area contributed by atoms with E-state index in [4.69, 9.17) is 0 Å². The van der Waals surface area contributed by atoms with Crippen LogP contribution in [0.2, 0.25) is 0 Å². The minimum Gasteiger partial charge on any atom is -0.303 e. The average molecular weight is 286 g/mol. The third kappa shape index (κ3) is 5.11. The molecule has 0 aromatic carbocycles. The van der Waals surface area contributed by atoms with Crippen molar-refractivity contribution < 1.29 is 0 Å². The van der Waals surface area contributed by atoms with Gasteiger partial charge in [-0.2, -0.15) is 5.26 Å². The van der Waals surface area contributed by atoms with Crippen molar-refractivity contribution in [3.63, 3.8) is 0 Å². The van der Waals surface area contributed by atoms with Crippen LogP contribution in [0.5, 0.6) is 0 Å². The van der Waals surface area contributed by atoms with Gasteiger partial charge in [0.1, 0.15) is 5.54 Å². The maximum Gasteiger partial charge on any atom is 0.105 e. The molecule has 1 aliphatic carbocycles. The molecule has 1 aromatic heterocycles. The maximum absolute atomic E-state index is 9.46. The van der Waals surface area contributed by atoms with Crippen LogP contribution in [0, 0.1) is 11.3 Å². The van der Waals surface area contributed by atoms with Crippen molar-refractivity contribution >= 4 is 0 Å². The Balaban J connectivity index is 1.81. The lowest BCUT2D eigenvalue weighted by Crippen LogP contribution is -2.47. The van der Waals surface area contributed by atoms with E-state index in [0.717, 1.165) is 25.1 Å².